The molecule has 0 aliphatic carbocycles. The predicted molar refractivity (Wildman–Crippen MR) is 222 cm³/mol. The summed E-state index contributed by atoms with van der Waals surface area (Å²) in [4.78, 5) is 34.2. The van der Waals surface area contributed by atoms with E-state index in [4.69, 9.17) is 42.8 Å². The van der Waals surface area contributed by atoms with Crippen molar-refractivity contribution in [3.05, 3.63) is 87.6 Å². The van der Waals surface area contributed by atoms with Crippen molar-refractivity contribution in [1.29, 1.82) is 5.26 Å². The van der Waals surface area contributed by atoms with E-state index in [9.17, 15) is 14.9 Å². The van der Waals surface area contributed by atoms with Gasteiger partial charge in [-0.15, -0.1) is 12.4 Å². The lowest BCUT2D eigenvalue weighted by atomic mass is 10.1. The molecule has 1 saturated heterocycles. The average Bonchev–Trinajstić information content (AvgIpc) is 3.45. The summed E-state index contributed by atoms with van der Waals surface area (Å²) in [6.45, 7) is 3.61. The standard InChI is InChI=1S/C30H35ClN6O4.C10H14ClNO.ClH/c1-20-15-22-17-23(10-12-26(22)41-20)34-30(33-19-32)35-25-8-4-5-14-37(29(25)39)18-28(38)36(2)13-6-7-21-9-11-27(40-3)24(31)16-21;1-13-10-5-4-8(3-2-6-12)7-9(10)11;/h9-12,15-17,25H,4-8,13-14,18H2,1-3H3,(H2,33,34,35);4-5,7H,2-3,6,12H2,1H3;1H/t25-;;/m0../s1. The third kappa shape index (κ3) is 13.5. The number of fused-ring (bicyclic) bond motifs is 1. The third-order valence-electron chi connectivity index (χ3n) is 8.93. The number of likely N-dealkylation sites (tertiary alicyclic amines) is 1. The van der Waals surface area contributed by atoms with E-state index >= 15 is 0 Å². The Morgan fingerprint density at radius 1 is 1.02 bits per heavy atom. The Balaban J connectivity index is 0.000000492. The number of rotatable bonds is 13. The Morgan fingerprint density at radius 2 is 1.67 bits per heavy atom. The molecule has 1 aromatic heterocycles. The van der Waals surface area contributed by atoms with E-state index in [1.807, 2.05) is 73.8 Å². The fourth-order valence-corrected chi connectivity index (χ4v) is 6.58. The van der Waals surface area contributed by atoms with Crippen LogP contribution in [0.25, 0.3) is 11.0 Å². The van der Waals surface area contributed by atoms with Crippen molar-refractivity contribution in [3.8, 4) is 17.7 Å². The summed E-state index contributed by atoms with van der Waals surface area (Å²) in [5, 5.41) is 17.1. The maximum absolute atomic E-state index is 13.4. The highest BCUT2D eigenvalue weighted by molar-refractivity contribution is 6.32. The van der Waals surface area contributed by atoms with Gasteiger partial charge in [-0.25, -0.2) is 4.99 Å². The molecule has 55 heavy (non-hydrogen) atoms. The molecular weight excluding hydrogens is 765 g/mol. The second-order valence-electron chi connectivity index (χ2n) is 13.0. The Hall–Kier alpha value is -4.67. The Kier molecular flexibility index (Phi) is 18.4. The summed E-state index contributed by atoms with van der Waals surface area (Å²) in [7, 11) is 4.94. The number of hydrogen-bond acceptors (Lipinski definition) is 8. The molecule has 5 rings (SSSR count). The van der Waals surface area contributed by atoms with Gasteiger partial charge in [-0.3, -0.25) is 14.9 Å². The minimum Gasteiger partial charge on any atom is -0.495 e. The number of benzene rings is 3. The van der Waals surface area contributed by atoms with Crippen molar-refractivity contribution in [2.75, 3.05) is 52.8 Å². The molecule has 296 valence electrons. The van der Waals surface area contributed by atoms with Crippen molar-refractivity contribution in [3.63, 3.8) is 0 Å². The van der Waals surface area contributed by atoms with Crippen LogP contribution in [0.1, 0.15) is 49.0 Å². The van der Waals surface area contributed by atoms with Crippen LogP contribution in [-0.4, -0.2) is 81.1 Å². The number of nitrogens with one attached hydrogen (secondary N) is 2. The van der Waals surface area contributed by atoms with Crippen molar-refractivity contribution in [2.24, 2.45) is 10.7 Å². The van der Waals surface area contributed by atoms with E-state index in [-0.39, 0.29) is 36.7 Å². The molecule has 1 fully saturated rings. The molecule has 2 amide bonds. The van der Waals surface area contributed by atoms with Gasteiger partial charge in [0.1, 0.15) is 28.9 Å². The normalized spacial score (nSPS) is 14.1. The van der Waals surface area contributed by atoms with Gasteiger partial charge in [-0.2, -0.15) is 5.26 Å². The van der Waals surface area contributed by atoms with Crippen LogP contribution in [0.15, 0.2) is 70.1 Å². The van der Waals surface area contributed by atoms with Gasteiger partial charge in [0.15, 0.2) is 6.19 Å². The number of aryl methyl sites for hydroxylation is 3. The van der Waals surface area contributed by atoms with Crippen molar-refractivity contribution in [1.82, 2.24) is 15.1 Å². The van der Waals surface area contributed by atoms with Gasteiger partial charge in [0, 0.05) is 31.2 Å². The summed E-state index contributed by atoms with van der Waals surface area (Å²) in [6.07, 6.45) is 7.45. The summed E-state index contributed by atoms with van der Waals surface area (Å²) >= 11 is 12.2. The lowest BCUT2D eigenvalue weighted by Gasteiger charge is -2.25. The average molecular weight is 815 g/mol. The second-order valence-corrected chi connectivity index (χ2v) is 13.8. The lowest BCUT2D eigenvalue weighted by Crippen LogP contribution is -2.45. The quantitative estimate of drug-likeness (QED) is 0.0542. The number of carbonyl (C=O) groups is 2. The van der Waals surface area contributed by atoms with Crippen LogP contribution in [0.3, 0.4) is 0 Å². The lowest BCUT2D eigenvalue weighted by molar-refractivity contribution is -0.140. The van der Waals surface area contributed by atoms with E-state index in [1.165, 1.54) is 5.56 Å². The number of likely N-dealkylation sites (N-methyl/N-ethyl adjacent to an activating group) is 1. The number of ether oxygens (including phenoxy) is 2. The largest absolute Gasteiger partial charge is 0.495 e. The van der Waals surface area contributed by atoms with Crippen molar-refractivity contribution in [2.45, 2.75) is 57.9 Å². The van der Waals surface area contributed by atoms with E-state index in [2.05, 4.69) is 15.6 Å². The number of carbonyl (C=O) groups excluding carboxylic acids is 2. The van der Waals surface area contributed by atoms with E-state index in [0.29, 0.717) is 47.5 Å². The van der Waals surface area contributed by atoms with Crippen LogP contribution >= 0.6 is 35.6 Å². The first-order valence-corrected chi connectivity index (χ1v) is 18.7. The van der Waals surface area contributed by atoms with Gasteiger partial charge in [0.25, 0.3) is 0 Å². The molecule has 0 saturated carbocycles. The highest BCUT2D eigenvalue weighted by Gasteiger charge is 2.29. The molecule has 1 atom stereocenters. The number of methoxy groups -OCH3 is 2. The Bertz CT molecular complexity index is 1950. The first kappa shape index (κ1) is 44.7. The van der Waals surface area contributed by atoms with Crippen LogP contribution in [0.2, 0.25) is 10.0 Å². The molecule has 4 N–H and O–H groups in total. The maximum atomic E-state index is 13.4. The molecule has 0 spiro atoms. The topological polar surface area (TPSA) is 158 Å². The van der Waals surface area contributed by atoms with Gasteiger partial charge in [0.05, 0.1) is 30.8 Å². The SMILES string of the molecule is COc1ccc(CCCN(C)C(=O)CN2CCCC[C@H](N=C(NC#N)Nc3ccc4oc(C)cc4c3)C2=O)cc1Cl.COc1ccc(CCCN)cc1Cl.Cl. The van der Waals surface area contributed by atoms with E-state index in [0.717, 1.165) is 66.6 Å². The molecule has 12 nitrogen and oxygen atoms in total. The number of aliphatic imine (C=N–C) groups is 1. The van der Waals surface area contributed by atoms with Crippen LogP contribution in [0.4, 0.5) is 5.69 Å². The van der Waals surface area contributed by atoms with Gasteiger partial charge in [-0.05, 0) is 118 Å². The molecule has 1 aliphatic heterocycles. The number of nitrogens with zero attached hydrogens (tertiary/aromatic N) is 4. The van der Waals surface area contributed by atoms with Crippen molar-refractivity contribution < 1.29 is 23.5 Å². The smallest absolute Gasteiger partial charge is 0.247 e. The third-order valence-corrected chi connectivity index (χ3v) is 9.52. The van der Waals surface area contributed by atoms with Crippen molar-refractivity contribution >= 4 is 70.0 Å². The number of hydrogen-bond donors (Lipinski definition) is 3. The minimum absolute atomic E-state index is 0. The molecule has 3 aromatic carbocycles. The number of guanidine groups is 1. The molecule has 15 heteroatoms. The summed E-state index contributed by atoms with van der Waals surface area (Å²) in [6, 6.07) is 18.2. The molecule has 4 aromatic rings. The van der Waals surface area contributed by atoms with E-state index in [1.54, 1.807) is 31.1 Å². The van der Waals surface area contributed by atoms with Crippen LogP contribution in [-0.2, 0) is 22.4 Å². The van der Waals surface area contributed by atoms with Gasteiger partial charge < -0.3 is 34.7 Å². The number of halogens is 3. The highest BCUT2D eigenvalue weighted by Crippen LogP contribution is 2.27. The Labute approximate surface area is 339 Å². The minimum atomic E-state index is -0.710. The Morgan fingerprint density at radius 3 is 2.27 bits per heavy atom. The molecule has 2 heterocycles. The monoisotopic (exact) mass is 813 g/mol. The number of nitrogens with two attached hydrogens (primary N) is 1. The predicted octanol–water partition coefficient (Wildman–Crippen LogP) is 7.38. The van der Waals surface area contributed by atoms with Gasteiger partial charge in [-0.1, -0.05) is 35.3 Å². The van der Waals surface area contributed by atoms with Crippen LogP contribution in [0, 0.1) is 18.4 Å². The number of anilines is 1. The fraction of sp³-hybridized carbons (Fsp3) is 0.400. The second kappa shape index (κ2) is 22.6. The highest BCUT2D eigenvalue weighted by atomic mass is 35.5. The number of amides is 2. The summed E-state index contributed by atoms with van der Waals surface area (Å²) in [5.41, 5.74) is 9.14. The fourth-order valence-electron chi connectivity index (χ4n) is 6.02. The zero-order chi connectivity index (χ0) is 39.0. The zero-order valence-corrected chi connectivity index (χ0v) is 34.0. The van der Waals surface area contributed by atoms with Crippen LogP contribution < -0.4 is 25.8 Å². The number of nitriles is 1. The molecule has 0 bridgehead atoms. The molecular formula is C40H50Cl3N7O5. The maximum Gasteiger partial charge on any atom is 0.247 e. The molecule has 0 unspecified atom stereocenters. The van der Waals surface area contributed by atoms with E-state index < -0.39 is 6.04 Å². The first-order valence-electron chi connectivity index (χ1n) is 17.9. The summed E-state index contributed by atoms with van der Waals surface area (Å²) < 4.78 is 15.9. The van der Waals surface area contributed by atoms with Gasteiger partial charge in [0.2, 0.25) is 17.8 Å². The van der Waals surface area contributed by atoms with Gasteiger partial charge >= 0.3 is 0 Å². The zero-order valence-electron chi connectivity index (χ0n) is 31.7. The number of furan rings is 1. The summed E-state index contributed by atoms with van der Waals surface area (Å²) in [5.74, 6) is 1.97. The van der Waals surface area contributed by atoms with Crippen LogP contribution in [0.5, 0.6) is 11.5 Å². The molecule has 0 radical (unpaired) electrons. The first-order chi connectivity index (χ1) is 26.0. The molecule has 1 aliphatic rings.